The quantitative estimate of drug-likeness (QED) is 0.584. The van der Waals surface area contributed by atoms with Gasteiger partial charge < -0.3 is 23.7 Å². The predicted molar refractivity (Wildman–Crippen MR) is 124 cm³/mol. The van der Waals surface area contributed by atoms with Crippen molar-refractivity contribution in [3.05, 3.63) is 47.9 Å². The number of methoxy groups -OCH3 is 1. The van der Waals surface area contributed by atoms with E-state index >= 15 is 0 Å². The minimum Gasteiger partial charge on any atom is -0.493 e. The molecule has 7 heteroatoms. The highest BCUT2D eigenvalue weighted by molar-refractivity contribution is 5.96. The first-order chi connectivity index (χ1) is 16.0. The minimum atomic E-state index is -0.732. The van der Waals surface area contributed by atoms with E-state index in [1.165, 1.54) is 0 Å². The van der Waals surface area contributed by atoms with E-state index in [1.54, 1.807) is 24.3 Å². The van der Waals surface area contributed by atoms with Gasteiger partial charge in [-0.2, -0.15) is 0 Å². The van der Waals surface area contributed by atoms with Gasteiger partial charge in [-0.1, -0.05) is 19.9 Å². The van der Waals surface area contributed by atoms with Crippen LogP contribution in [0.15, 0.2) is 41.0 Å². The van der Waals surface area contributed by atoms with E-state index in [-0.39, 0.29) is 30.9 Å². The van der Waals surface area contributed by atoms with Crippen LogP contribution < -0.4 is 9.47 Å². The molecule has 1 aromatic carbocycles. The molecule has 0 bridgehead atoms. The normalized spacial score (nSPS) is 23.7. The molecule has 1 saturated heterocycles. The summed E-state index contributed by atoms with van der Waals surface area (Å²) >= 11 is 0. The predicted octanol–water partition coefficient (Wildman–Crippen LogP) is 4.57. The van der Waals surface area contributed by atoms with E-state index in [0.29, 0.717) is 29.8 Å². The molecule has 1 saturated carbocycles. The molecule has 2 heterocycles. The lowest BCUT2D eigenvalue weighted by Crippen LogP contribution is -2.58. The van der Waals surface area contributed by atoms with Crippen LogP contribution in [0.3, 0.4) is 0 Å². The van der Waals surface area contributed by atoms with E-state index in [1.807, 2.05) is 36.1 Å². The third-order valence-electron chi connectivity index (χ3n) is 6.75. The highest BCUT2D eigenvalue weighted by Gasteiger charge is 2.43. The number of rotatable bonds is 8. The zero-order valence-electron chi connectivity index (χ0n) is 19.8. The first kappa shape index (κ1) is 23.2. The van der Waals surface area contributed by atoms with Gasteiger partial charge in [-0.05, 0) is 67.9 Å². The second-order valence-corrected chi connectivity index (χ2v) is 9.14. The highest BCUT2D eigenvalue weighted by atomic mass is 16.5. The standard InChI is InChI=1S/C26H34N2O5/c1-4-13-33-22-12-9-19(15-23(22)31-3)25-26(30)27(20-10-7-18(2)8-11-20)17-24(29)28(25)16-21-6-5-14-32-21/h5-6,9,12,14-15,18,20,25H,4,7-8,10-11,13,16-17H2,1-3H3. The summed E-state index contributed by atoms with van der Waals surface area (Å²) in [6, 6.07) is 8.51. The maximum Gasteiger partial charge on any atom is 0.250 e. The molecule has 0 N–H and O–H groups in total. The average molecular weight is 455 g/mol. The summed E-state index contributed by atoms with van der Waals surface area (Å²) < 4.78 is 16.9. The summed E-state index contributed by atoms with van der Waals surface area (Å²) in [6.07, 6.45) is 6.52. The summed E-state index contributed by atoms with van der Waals surface area (Å²) in [6.45, 7) is 5.23. The molecule has 1 unspecified atom stereocenters. The van der Waals surface area contributed by atoms with Gasteiger partial charge in [0, 0.05) is 6.04 Å². The highest BCUT2D eigenvalue weighted by Crippen LogP contribution is 2.37. The monoisotopic (exact) mass is 454 g/mol. The Morgan fingerprint density at radius 2 is 1.88 bits per heavy atom. The van der Waals surface area contributed by atoms with E-state index in [9.17, 15) is 9.59 Å². The van der Waals surface area contributed by atoms with Gasteiger partial charge in [-0.25, -0.2) is 0 Å². The fourth-order valence-electron chi connectivity index (χ4n) is 4.87. The number of piperazine rings is 1. The van der Waals surface area contributed by atoms with Crippen molar-refractivity contribution in [2.45, 2.75) is 64.6 Å². The fraction of sp³-hybridized carbons (Fsp3) is 0.538. The van der Waals surface area contributed by atoms with Crippen LogP contribution in [0.25, 0.3) is 0 Å². The number of carbonyl (C=O) groups is 2. The molecular weight excluding hydrogens is 420 g/mol. The minimum absolute atomic E-state index is 0.0370. The lowest BCUT2D eigenvalue weighted by Gasteiger charge is -2.45. The van der Waals surface area contributed by atoms with E-state index in [4.69, 9.17) is 13.9 Å². The Balaban J connectivity index is 1.67. The number of nitrogens with zero attached hydrogens (tertiary/aromatic N) is 2. The molecule has 7 nitrogen and oxygen atoms in total. The molecule has 0 radical (unpaired) electrons. The van der Waals surface area contributed by atoms with Gasteiger partial charge in [-0.15, -0.1) is 0 Å². The SMILES string of the molecule is CCCOc1ccc(C2C(=O)N(C3CCC(C)CC3)CC(=O)N2Cc2ccco2)cc1OC. The van der Waals surface area contributed by atoms with Crippen molar-refractivity contribution in [3.63, 3.8) is 0 Å². The van der Waals surface area contributed by atoms with Crippen LogP contribution in [-0.4, -0.2) is 47.9 Å². The Kier molecular flexibility index (Phi) is 7.26. The van der Waals surface area contributed by atoms with E-state index in [0.717, 1.165) is 37.7 Å². The number of benzene rings is 1. The Morgan fingerprint density at radius 1 is 1.09 bits per heavy atom. The summed E-state index contributed by atoms with van der Waals surface area (Å²) in [7, 11) is 1.59. The molecule has 2 fully saturated rings. The lowest BCUT2D eigenvalue weighted by atomic mass is 9.85. The zero-order chi connectivity index (χ0) is 23.4. The third kappa shape index (κ3) is 5.02. The largest absolute Gasteiger partial charge is 0.493 e. The molecule has 4 rings (SSSR count). The summed E-state index contributed by atoms with van der Waals surface area (Å²) in [5, 5.41) is 0. The molecule has 1 aliphatic carbocycles. The molecule has 2 aromatic rings. The van der Waals surface area contributed by atoms with Crippen LogP contribution in [0.5, 0.6) is 11.5 Å². The average Bonchev–Trinajstić information content (AvgIpc) is 3.34. The number of furan rings is 1. The number of amides is 2. The molecule has 0 spiro atoms. The molecule has 1 aliphatic heterocycles. The van der Waals surface area contributed by atoms with Gasteiger partial charge in [0.15, 0.2) is 11.5 Å². The van der Waals surface area contributed by atoms with Crippen molar-refractivity contribution in [2.75, 3.05) is 20.3 Å². The Morgan fingerprint density at radius 3 is 2.55 bits per heavy atom. The first-order valence-electron chi connectivity index (χ1n) is 11.9. The number of ether oxygens (including phenoxy) is 2. The van der Waals surface area contributed by atoms with Crippen molar-refractivity contribution in [2.24, 2.45) is 5.92 Å². The second kappa shape index (κ2) is 10.3. The van der Waals surface area contributed by atoms with Gasteiger partial charge in [0.1, 0.15) is 18.3 Å². The Bertz CT molecular complexity index is 950. The third-order valence-corrected chi connectivity index (χ3v) is 6.75. The number of hydrogen-bond acceptors (Lipinski definition) is 5. The molecule has 2 aliphatic rings. The van der Waals surface area contributed by atoms with Gasteiger partial charge in [0.25, 0.3) is 5.91 Å². The Hall–Kier alpha value is -2.96. The number of hydrogen-bond donors (Lipinski definition) is 0. The van der Waals surface area contributed by atoms with Crippen molar-refractivity contribution < 1.29 is 23.5 Å². The first-order valence-corrected chi connectivity index (χ1v) is 11.9. The Labute approximate surface area is 195 Å². The molecule has 1 atom stereocenters. The van der Waals surface area contributed by atoms with Crippen LogP contribution >= 0.6 is 0 Å². The van der Waals surface area contributed by atoms with Crippen molar-refractivity contribution in [1.82, 2.24) is 9.80 Å². The van der Waals surface area contributed by atoms with Crippen molar-refractivity contribution in [1.29, 1.82) is 0 Å². The smallest absolute Gasteiger partial charge is 0.250 e. The maximum absolute atomic E-state index is 13.9. The molecule has 1 aromatic heterocycles. The molecule has 2 amide bonds. The van der Waals surface area contributed by atoms with Crippen LogP contribution in [-0.2, 0) is 16.1 Å². The number of carbonyl (C=O) groups excluding carboxylic acids is 2. The van der Waals surface area contributed by atoms with E-state index in [2.05, 4.69) is 6.92 Å². The lowest BCUT2D eigenvalue weighted by molar-refractivity contribution is -0.160. The van der Waals surface area contributed by atoms with Crippen LogP contribution in [0.1, 0.15) is 63.3 Å². The zero-order valence-corrected chi connectivity index (χ0v) is 19.8. The summed E-state index contributed by atoms with van der Waals surface area (Å²) in [4.78, 5) is 30.7. The van der Waals surface area contributed by atoms with Gasteiger partial charge in [0.2, 0.25) is 5.91 Å². The van der Waals surface area contributed by atoms with Crippen LogP contribution in [0.2, 0.25) is 0 Å². The van der Waals surface area contributed by atoms with Crippen molar-refractivity contribution >= 4 is 11.8 Å². The topological polar surface area (TPSA) is 72.2 Å². The summed E-state index contributed by atoms with van der Waals surface area (Å²) in [5.74, 6) is 2.40. The second-order valence-electron chi connectivity index (χ2n) is 9.14. The molecule has 33 heavy (non-hydrogen) atoms. The van der Waals surface area contributed by atoms with Gasteiger partial charge >= 0.3 is 0 Å². The molecule has 178 valence electrons. The van der Waals surface area contributed by atoms with Crippen molar-refractivity contribution in [3.8, 4) is 11.5 Å². The van der Waals surface area contributed by atoms with E-state index < -0.39 is 6.04 Å². The van der Waals surface area contributed by atoms with Gasteiger partial charge in [-0.3, -0.25) is 9.59 Å². The van der Waals surface area contributed by atoms with Crippen LogP contribution in [0, 0.1) is 5.92 Å². The summed E-state index contributed by atoms with van der Waals surface area (Å²) in [5.41, 5.74) is 0.717. The van der Waals surface area contributed by atoms with Crippen LogP contribution in [0.4, 0.5) is 0 Å². The maximum atomic E-state index is 13.9. The fourth-order valence-corrected chi connectivity index (χ4v) is 4.87. The van der Waals surface area contributed by atoms with Gasteiger partial charge in [0.05, 0.1) is 26.5 Å². The molecular formula is C26H34N2O5.